The molecular formula is C47H64ClN7O10. The molecular weight excluding hydrogens is 858 g/mol. The van der Waals surface area contributed by atoms with Crippen LogP contribution >= 0.6 is 11.6 Å². The summed E-state index contributed by atoms with van der Waals surface area (Å²) in [5, 5.41) is 19.9. The Labute approximate surface area is 385 Å². The molecule has 0 radical (unpaired) electrons. The predicted molar refractivity (Wildman–Crippen MR) is 242 cm³/mol. The van der Waals surface area contributed by atoms with Crippen molar-refractivity contribution in [1.82, 2.24) is 30.4 Å². The zero-order valence-corrected chi connectivity index (χ0v) is 39.5. The first-order chi connectivity index (χ1) is 30.8. The Bertz CT molecular complexity index is 2290. The van der Waals surface area contributed by atoms with Crippen molar-refractivity contribution in [2.24, 2.45) is 23.2 Å². The number of alkyl carbamates (subject to hydrolysis) is 1. The van der Waals surface area contributed by atoms with Gasteiger partial charge in [-0.3, -0.25) is 14.5 Å². The number of amides is 3. The van der Waals surface area contributed by atoms with E-state index < -0.39 is 53.0 Å². The quantitative estimate of drug-likeness (QED) is 0.121. The lowest BCUT2D eigenvalue weighted by Crippen LogP contribution is -2.59. The molecule has 17 nitrogen and oxygen atoms in total. The molecule has 5 fully saturated rings. The Kier molecular flexibility index (Phi) is 13.0. The number of hydrogen-bond acceptors (Lipinski definition) is 13. The molecule has 1 unspecified atom stereocenters. The second-order valence-corrected chi connectivity index (χ2v) is 20.9. The highest BCUT2D eigenvalue weighted by atomic mass is 35.5. The van der Waals surface area contributed by atoms with Crippen LogP contribution in [0.2, 0.25) is 5.02 Å². The van der Waals surface area contributed by atoms with E-state index in [1.807, 2.05) is 47.6 Å². The fourth-order valence-electron chi connectivity index (χ4n) is 9.85. The van der Waals surface area contributed by atoms with E-state index in [0.29, 0.717) is 84.4 Å². The number of halogens is 1. The third-order valence-corrected chi connectivity index (χ3v) is 14.1. The van der Waals surface area contributed by atoms with Crippen molar-refractivity contribution >= 4 is 52.4 Å². The number of fused-ring (bicyclic) bond motifs is 2. The van der Waals surface area contributed by atoms with E-state index in [1.54, 1.807) is 12.1 Å². The molecule has 1 aromatic carbocycles. The molecule has 3 amide bonds. The average Bonchev–Trinajstić information content (AvgIpc) is 3.91. The van der Waals surface area contributed by atoms with E-state index >= 15 is 0 Å². The number of aromatic nitrogens is 2. The number of carboxylic acids is 1. The predicted octanol–water partition coefficient (Wildman–Crippen LogP) is 6.51. The number of aliphatic carboxylic acids is 1. The minimum Gasteiger partial charge on any atom is -0.491 e. The molecule has 4 heterocycles. The second-order valence-electron chi connectivity index (χ2n) is 20.6. The lowest BCUT2D eigenvalue weighted by molar-refractivity contribution is -0.146. The summed E-state index contributed by atoms with van der Waals surface area (Å²) in [5.74, 6) is -0.524. The van der Waals surface area contributed by atoms with Crippen LogP contribution in [0.4, 0.5) is 10.8 Å². The summed E-state index contributed by atoms with van der Waals surface area (Å²) in [5.41, 5.74) is -1.20. The van der Waals surface area contributed by atoms with Crippen molar-refractivity contribution in [2.75, 3.05) is 44.8 Å². The van der Waals surface area contributed by atoms with E-state index in [1.165, 1.54) is 17.6 Å². The van der Waals surface area contributed by atoms with Crippen LogP contribution in [-0.2, 0) is 23.9 Å². The molecule has 3 aliphatic carbocycles. The van der Waals surface area contributed by atoms with E-state index in [-0.39, 0.29) is 48.0 Å². The number of morpholine rings is 1. The molecule has 18 heteroatoms. The number of carbonyl (C=O) groups is 4. The molecule has 0 spiro atoms. The van der Waals surface area contributed by atoms with Gasteiger partial charge in [-0.25, -0.2) is 14.6 Å². The highest BCUT2D eigenvalue weighted by Gasteiger charge is 2.61. The highest BCUT2D eigenvalue weighted by Crippen LogP contribution is 2.52. The first-order valence-electron chi connectivity index (χ1n) is 23.1. The Morgan fingerprint density at radius 2 is 1.78 bits per heavy atom. The van der Waals surface area contributed by atoms with Crippen molar-refractivity contribution in [3.63, 3.8) is 0 Å². The summed E-state index contributed by atoms with van der Waals surface area (Å²) in [6.45, 7) is 18.6. The second kappa shape index (κ2) is 18.1. The third kappa shape index (κ3) is 9.97. The summed E-state index contributed by atoms with van der Waals surface area (Å²) < 4.78 is 30.3. The number of rotatable bonds is 16. The number of benzene rings is 1. The van der Waals surface area contributed by atoms with Crippen LogP contribution in [0.5, 0.6) is 11.5 Å². The van der Waals surface area contributed by atoms with Crippen LogP contribution in [0.1, 0.15) is 93.9 Å². The van der Waals surface area contributed by atoms with E-state index in [4.69, 9.17) is 39.9 Å². The number of nitrogens with zero attached hydrogens (tertiary/aromatic N) is 4. The van der Waals surface area contributed by atoms with Gasteiger partial charge in [-0.05, 0) is 88.7 Å². The molecule has 2 saturated heterocycles. The van der Waals surface area contributed by atoms with Gasteiger partial charge in [0.05, 0.1) is 31.0 Å². The average molecular weight is 923 g/mol. The van der Waals surface area contributed by atoms with E-state index in [0.717, 1.165) is 19.4 Å². The monoisotopic (exact) mass is 921 g/mol. The van der Waals surface area contributed by atoms with Crippen molar-refractivity contribution in [1.29, 1.82) is 0 Å². The van der Waals surface area contributed by atoms with Gasteiger partial charge in [0.25, 0.3) is 6.01 Å². The molecule has 2 aliphatic heterocycles. The topological polar surface area (TPSA) is 207 Å². The molecule has 8 atom stereocenters. The van der Waals surface area contributed by atoms with Crippen LogP contribution in [0.3, 0.4) is 0 Å². The normalized spacial score (nSPS) is 27.5. The summed E-state index contributed by atoms with van der Waals surface area (Å²) >= 11 is 7.14. The first-order valence-corrected chi connectivity index (χ1v) is 23.4. The van der Waals surface area contributed by atoms with Gasteiger partial charge in [0, 0.05) is 42.5 Å². The molecule has 5 aliphatic rings. The van der Waals surface area contributed by atoms with Crippen LogP contribution in [-0.4, -0.2) is 130 Å². The number of carboxylic acid groups (broad SMARTS) is 1. The molecule has 0 bridgehead atoms. The zero-order valence-electron chi connectivity index (χ0n) is 38.7. The van der Waals surface area contributed by atoms with Gasteiger partial charge in [-0.2, -0.15) is 4.98 Å². The maximum Gasteiger partial charge on any atom is 0.408 e. The first kappa shape index (κ1) is 46.7. The fourth-order valence-corrected chi connectivity index (χ4v) is 10.1. The minimum atomic E-state index is -1.43. The summed E-state index contributed by atoms with van der Waals surface area (Å²) in [7, 11) is 0. The number of pyridine rings is 1. The molecule has 65 heavy (non-hydrogen) atoms. The largest absolute Gasteiger partial charge is 0.491 e. The molecule has 2 aromatic heterocycles. The molecule has 8 rings (SSSR count). The lowest BCUT2D eigenvalue weighted by Gasteiger charge is -2.41. The Morgan fingerprint density at radius 1 is 1.03 bits per heavy atom. The molecule has 3 aromatic rings. The third-order valence-electron chi connectivity index (χ3n) is 13.8. The van der Waals surface area contributed by atoms with Gasteiger partial charge < -0.3 is 49.3 Å². The fraction of sp³-hybridized carbons (Fsp3) is 0.660. The Morgan fingerprint density at radius 3 is 2.45 bits per heavy atom. The van der Waals surface area contributed by atoms with Gasteiger partial charge in [0.15, 0.2) is 0 Å². The van der Waals surface area contributed by atoms with Gasteiger partial charge in [0.2, 0.25) is 11.8 Å². The zero-order chi connectivity index (χ0) is 46.6. The van der Waals surface area contributed by atoms with Gasteiger partial charge in [-0.15, -0.1) is 0 Å². The van der Waals surface area contributed by atoms with Crippen molar-refractivity contribution < 1.29 is 47.6 Å². The Hall–Kier alpha value is -4.87. The SMILES string of the molecule is CC[C@@H]1C[C@]1(NC(=O)[C@@H]1C[C@@H](Oc2cc(-c3coc(NC(C)C)n3)nc3c(Cl)c(OCCN4CCOCC4(C)C)ccc23)CN1C(=O)[C@@H](NC(=O)OC1C[C@@H]2C[C@@H]2C1)C(C)(C)C)C(=O)O. The van der Waals surface area contributed by atoms with Crippen molar-refractivity contribution in [3.8, 4) is 22.9 Å². The molecule has 354 valence electrons. The number of carbonyl (C=O) groups excluding carboxylic acids is 3. The van der Waals surface area contributed by atoms with Gasteiger partial charge in [-0.1, -0.05) is 45.7 Å². The number of oxazole rings is 1. The maximum absolute atomic E-state index is 14.8. The van der Waals surface area contributed by atoms with Crippen LogP contribution in [0, 0.1) is 23.2 Å². The smallest absolute Gasteiger partial charge is 0.408 e. The van der Waals surface area contributed by atoms with E-state index in [9.17, 15) is 24.3 Å². The van der Waals surface area contributed by atoms with Crippen LogP contribution in [0.25, 0.3) is 22.3 Å². The van der Waals surface area contributed by atoms with Gasteiger partial charge in [0.1, 0.15) is 64.9 Å². The Balaban J connectivity index is 1.09. The number of ether oxygens (including phenoxy) is 4. The minimum absolute atomic E-state index is 0.0224. The summed E-state index contributed by atoms with van der Waals surface area (Å²) in [4.78, 5) is 68.4. The standard InChI is InChI=1S/C47H64ClN7O10/c1-9-28-21-47(28,42(58)59)53-40(56)34-19-30(22-55(34)41(57)39(45(4,5)6)52-44(60)65-29-17-26-16-27(26)18-29)64-36-20-32(33-23-63-43(51-33)49-25(2)3)50-38-31(36)10-11-35(37(38)48)62-15-13-54-12-14-61-24-46(54,7)8/h10-11,20,23,25-30,34,39H,9,12-19,21-22,24H2,1-8H3,(H,49,51)(H,52,60)(H,53,56)(H,58,59)/t26-,27+,28-,29?,30-,34+,39-,47-/m1/s1. The van der Waals surface area contributed by atoms with Crippen LogP contribution < -0.4 is 25.4 Å². The highest BCUT2D eigenvalue weighted by molar-refractivity contribution is 6.36. The molecule has 4 N–H and O–H groups in total. The number of nitrogens with one attached hydrogen (secondary N) is 3. The summed E-state index contributed by atoms with van der Waals surface area (Å²) in [6.07, 6.45) is 3.48. The van der Waals surface area contributed by atoms with Crippen molar-refractivity contribution in [2.45, 2.75) is 135 Å². The van der Waals surface area contributed by atoms with E-state index in [2.05, 4.69) is 39.7 Å². The molecule has 3 saturated carbocycles. The van der Waals surface area contributed by atoms with Gasteiger partial charge >= 0.3 is 12.1 Å². The number of anilines is 1. The summed E-state index contributed by atoms with van der Waals surface area (Å²) in [6, 6.07) is 3.44. The van der Waals surface area contributed by atoms with Crippen molar-refractivity contribution in [3.05, 3.63) is 29.5 Å². The van der Waals surface area contributed by atoms with Crippen LogP contribution in [0.15, 0.2) is 28.9 Å². The maximum atomic E-state index is 14.8. The lowest BCUT2D eigenvalue weighted by atomic mass is 9.85. The number of likely N-dealkylation sites (tertiary alicyclic amines) is 1. The number of hydrogen-bond donors (Lipinski definition) is 4.